The lowest BCUT2D eigenvalue weighted by molar-refractivity contribution is -0.324. The van der Waals surface area contributed by atoms with Gasteiger partial charge >= 0.3 is 0 Å². The van der Waals surface area contributed by atoms with Gasteiger partial charge < -0.3 is 20.4 Å². The van der Waals surface area contributed by atoms with Crippen LogP contribution in [0.25, 0.3) is 0 Å². The number of nitrogens with zero attached hydrogens (tertiary/aromatic N) is 1. The van der Waals surface area contributed by atoms with E-state index in [-0.39, 0.29) is 19.1 Å². The number of hydrogen-bond donors (Lipinski definition) is 5. The molecule has 0 atom stereocenters. The van der Waals surface area contributed by atoms with Crippen LogP contribution < -0.4 is 5.32 Å². The smallest absolute Gasteiger partial charge is 0.239 e. The van der Waals surface area contributed by atoms with Crippen molar-refractivity contribution < 1.29 is 20.4 Å². The monoisotopic (exact) mass is 316 g/mol. The van der Waals surface area contributed by atoms with Crippen molar-refractivity contribution >= 4 is 0 Å². The van der Waals surface area contributed by atoms with E-state index < -0.39 is 11.8 Å². The molecule has 1 aliphatic heterocycles. The molecule has 5 N–H and O–H groups in total. The second-order valence-corrected chi connectivity index (χ2v) is 5.89. The zero-order chi connectivity index (χ0) is 16.5. The number of nitrogens with one attached hydrogen (secondary N) is 1. The zero-order valence-electron chi connectivity index (χ0n) is 12.5. The molecule has 2 aromatic rings. The fraction of sp³-hybridized carbons (Fsp3) is 0.294. The fourth-order valence-electron chi connectivity index (χ4n) is 3.09. The molecule has 0 unspecified atom stereocenters. The normalized spacial score (nSPS) is 20.6. The number of hydrogen-bond acceptors (Lipinski definition) is 6. The van der Waals surface area contributed by atoms with Crippen LogP contribution >= 0.6 is 0 Å². The van der Waals surface area contributed by atoms with E-state index in [0.29, 0.717) is 0 Å². The van der Waals surface area contributed by atoms with E-state index in [1.807, 2.05) is 66.0 Å². The maximum atomic E-state index is 9.91. The number of β-amino-alcohol motifs (C(OH)–C–C–N with tert-alkyl or cyclic N) is 4. The van der Waals surface area contributed by atoms with Crippen LogP contribution in [0, 0.1) is 0 Å². The third-order valence-electron chi connectivity index (χ3n) is 3.84. The molecule has 1 saturated heterocycles. The Labute approximate surface area is 134 Å². The molecule has 0 amide bonds. The van der Waals surface area contributed by atoms with Crippen molar-refractivity contribution in [3.05, 3.63) is 71.8 Å². The molecule has 0 aliphatic carbocycles. The van der Waals surface area contributed by atoms with Gasteiger partial charge in [0, 0.05) is 0 Å². The van der Waals surface area contributed by atoms with E-state index in [0.717, 1.165) is 11.1 Å². The van der Waals surface area contributed by atoms with Crippen LogP contribution in [0.4, 0.5) is 0 Å². The van der Waals surface area contributed by atoms with Gasteiger partial charge in [0.25, 0.3) is 0 Å². The van der Waals surface area contributed by atoms with Crippen molar-refractivity contribution in [1.82, 2.24) is 10.2 Å². The Kier molecular flexibility index (Phi) is 4.20. The Morgan fingerprint density at radius 1 is 0.739 bits per heavy atom. The van der Waals surface area contributed by atoms with Gasteiger partial charge in [-0.05, 0) is 11.1 Å². The Morgan fingerprint density at radius 2 is 1.13 bits per heavy atom. The predicted octanol–water partition coefficient (Wildman–Crippen LogP) is -0.0420. The highest BCUT2D eigenvalue weighted by Crippen LogP contribution is 2.32. The standard InChI is InChI=1S/C17H20N2O4/c20-16(21)11-19(12-17(22,23)18-16)15(13-7-3-1-4-8-13)14-9-5-2-6-10-14/h1-10,15,18,20-23H,11-12H2. The molecular formula is C17H20N2O4. The first-order valence-corrected chi connectivity index (χ1v) is 7.39. The van der Waals surface area contributed by atoms with Crippen LogP contribution in [0.15, 0.2) is 60.7 Å². The van der Waals surface area contributed by atoms with Crippen LogP contribution in [0.5, 0.6) is 0 Å². The van der Waals surface area contributed by atoms with Crippen LogP contribution in [-0.2, 0) is 0 Å². The van der Waals surface area contributed by atoms with Crippen LogP contribution in [0.2, 0.25) is 0 Å². The van der Waals surface area contributed by atoms with E-state index in [1.165, 1.54) is 0 Å². The SMILES string of the molecule is OC1(O)CN(C(c2ccccc2)c2ccccc2)CC(O)(O)N1. The predicted molar refractivity (Wildman–Crippen MR) is 83.8 cm³/mol. The summed E-state index contributed by atoms with van der Waals surface area (Å²) in [4.78, 5) is 1.63. The highest BCUT2D eigenvalue weighted by molar-refractivity contribution is 5.32. The molecule has 23 heavy (non-hydrogen) atoms. The van der Waals surface area contributed by atoms with E-state index in [2.05, 4.69) is 0 Å². The summed E-state index contributed by atoms with van der Waals surface area (Å²) in [6, 6.07) is 18.7. The molecule has 1 fully saturated rings. The first-order valence-electron chi connectivity index (χ1n) is 7.39. The minimum Gasteiger partial charge on any atom is -0.352 e. The summed E-state index contributed by atoms with van der Waals surface area (Å²) in [7, 11) is 0. The van der Waals surface area contributed by atoms with E-state index in [1.54, 1.807) is 4.90 Å². The number of aliphatic hydroxyl groups is 4. The van der Waals surface area contributed by atoms with Gasteiger partial charge in [-0.15, -0.1) is 0 Å². The molecule has 122 valence electrons. The van der Waals surface area contributed by atoms with E-state index in [9.17, 15) is 20.4 Å². The Hall–Kier alpha value is -1.80. The molecule has 6 heteroatoms. The summed E-state index contributed by atoms with van der Waals surface area (Å²) in [5, 5.41) is 41.6. The summed E-state index contributed by atoms with van der Waals surface area (Å²) < 4.78 is 0. The van der Waals surface area contributed by atoms with Crippen molar-refractivity contribution in [3.8, 4) is 0 Å². The average molecular weight is 316 g/mol. The largest absolute Gasteiger partial charge is 0.352 e. The van der Waals surface area contributed by atoms with E-state index in [4.69, 9.17) is 0 Å². The van der Waals surface area contributed by atoms with Gasteiger partial charge in [0.2, 0.25) is 11.8 Å². The molecule has 2 aromatic carbocycles. The summed E-state index contributed by atoms with van der Waals surface area (Å²) in [6.07, 6.45) is 0. The van der Waals surface area contributed by atoms with Crippen LogP contribution in [0.3, 0.4) is 0 Å². The molecule has 0 radical (unpaired) electrons. The average Bonchev–Trinajstić information content (AvgIpc) is 2.46. The maximum absolute atomic E-state index is 9.91. The molecular weight excluding hydrogens is 296 g/mol. The third kappa shape index (κ3) is 3.76. The highest BCUT2D eigenvalue weighted by atomic mass is 16.6. The molecule has 0 saturated carbocycles. The van der Waals surface area contributed by atoms with Gasteiger partial charge in [0.1, 0.15) is 0 Å². The van der Waals surface area contributed by atoms with Crippen molar-refractivity contribution in [1.29, 1.82) is 0 Å². The molecule has 0 spiro atoms. The molecule has 0 bridgehead atoms. The lowest BCUT2D eigenvalue weighted by atomic mass is 9.96. The van der Waals surface area contributed by atoms with Gasteiger partial charge in [-0.1, -0.05) is 60.7 Å². The first kappa shape index (κ1) is 16.1. The van der Waals surface area contributed by atoms with E-state index >= 15 is 0 Å². The Balaban J connectivity index is 2.02. The highest BCUT2D eigenvalue weighted by Gasteiger charge is 2.45. The lowest BCUT2D eigenvalue weighted by Gasteiger charge is -2.46. The van der Waals surface area contributed by atoms with Crippen molar-refractivity contribution in [2.45, 2.75) is 17.9 Å². The second kappa shape index (κ2) is 6.01. The van der Waals surface area contributed by atoms with Crippen molar-refractivity contribution in [2.75, 3.05) is 13.1 Å². The van der Waals surface area contributed by atoms with Gasteiger partial charge in [-0.25, -0.2) is 5.32 Å². The second-order valence-electron chi connectivity index (χ2n) is 5.89. The van der Waals surface area contributed by atoms with Crippen LogP contribution in [-0.4, -0.2) is 50.2 Å². The Bertz CT molecular complexity index is 591. The topological polar surface area (TPSA) is 96.2 Å². The molecule has 1 heterocycles. The van der Waals surface area contributed by atoms with Gasteiger partial charge in [-0.2, -0.15) is 0 Å². The molecule has 1 aliphatic rings. The number of piperazine rings is 1. The van der Waals surface area contributed by atoms with Gasteiger partial charge in [-0.3, -0.25) is 4.90 Å². The summed E-state index contributed by atoms with van der Waals surface area (Å²) in [5.41, 5.74) is 1.85. The molecule has 3 rings (SSSR count). The number of rotatable bonds is 3. The minimum absolute atomic E-state index is 0.176. The molecule has 0 aromatic heterocycles. The third-order valence-corrected chi connectivity index (χ3v) is 3.84. The maximum Gasteiger partial charge on any atom is 0.239 e. The fourth-order valence-corrected chi connectivity index (χ4v) is 3.09. The van der Waals surface area contributed by atoms with Crippen molar-refractivity contribution in [3.63, 3.8) is 0 Å². The lowest BCUT2D eigenvalue weighted by Crippen LogP contribution is -2.71. The summed E-state index contributed by atoms with van der Waals surface area (Å²) in [6.45, 7) is -0.353. The summed E-state index contributed by atoms with van der Waals surface area (Å²) in [5.74, 6) is -4.80. The van der Waals surface area contributed by atoms with Gasteiger partial charge in [0.05, 0.1) is 19.1 Å². The first-order chi connectivity index (χ1) is 10.9. The zero-order valence-corrected chi connectivity index (χ0v) is 12.5. The molecule has 6 nitrogen and oxygen atoms in total. The Morgan fingerprint density at radius 3 is 1.52 bits per heavy atom. The van der Waals surface area contributed by atoms with Gasteiger partial charge in [0.15, 0.2) is 0 Å². The van der Waals surface area contributed by atoms with Crippen LogP contribution in [0.1, 0.15) is 17.2 Å². The summed E-state index contributed by atoms with van der Waals surface area (Å²) >= 11 is 0. The quantitative estimate of drug-likeness (QED) is 0.510. The number of benzene rings is 2. The van der Waals surface area contributed by atoms with Crippen molar-refractivity contribution in [2.24, 2.45) is 0 Å². The minimum atomic E-state index is -2.40.